The Kier molecular flexibility index (Phi) is 24.8. The minimum absolute atomic E-state index is 0.643. The van der Waals surface area contributed by atoms with Gasteiger partial charge in [0.05, 0.1) is 39.6 Å². The van der Waals surface area contributed by atoms with E-state index in [9.17, 15) is 0 Å². The van der Waals surface area contributed by atoms with Crippen LogP contribution in [0.5, 0.6) is 34.5 Å². The Labute approximate surface area is 537 Å². The van der Waals surface area contributed by atoms with Crippen LogP contribution in [0.15, 0.2) is 146 Å². The van der Waals surface area contributed by atoms with Crippen molar-refractivity contribution in [3.8, 4) is 34.5 Å². The van der Waals surface area contributed by atoms with Crippen molar-refractivity contribution in [1.29, 1.82) is 0 Å². The lowest BCUT2D eigenvalue weighted by Gasteiger charge is -2.19. The number of rotatable bonds is 36. The first-order valence-electron chi connectivity index (χ1n) is 35.4. The molecule has 0 aliphatic heterocycles. The molecule has 0 radical (unpaired) electrons. The van der Waals surface area contributed by atoms with Gasteiger partial charge < -0.3 is 28.4 Å². The average Bonchev–Trinajstić information content (AvgIpc) is 0.785. The van der Waals surface area contributed by atoms with E-state index in [4.69, 9.17) is 28.4 Å². The van der Waals surface area contributed by atoms with Crippen LogP contribution in [-0.4, -0.2) is 39.6 Å². The van der Waals surface area contributed by atoms with Crippen molar-refractivity contribution in [2.45, 2.75) is 196 Å². The van der Waals surface area contributed by atoms with Gasteiger partial charge in [0.1, 0.15) is 0 Å². The molecule has 0 aliphatic rings. The fraction of sp³-hybridized carbons (Fsp3) is 0.429. The summed E-state index contributed by atoms with van der Waals surface area (Å²) in [6, 6.07) is 54.8. The summed E-state index contributed by atoms with van der Waals surface area (Å²) >= 11 is 0. The highest BCUT2D eigenvalue weighted by molar-refractivity contribution is 6.18. The predicted molar refractivity (Wildman–Crippen MR) is 388 cm³/mol. The number of hydrogen-bond donors (Lipinski definition) is 0. The second kappa shape index (κ2) is 34.1. The molecular weight excluding hydrogens is 1100 g/mol. The molecule has 10 rings (SSSR count). The quantitative estimate of drug-likeness (QED) is 0.0288. The average molecular weight is 1210 g/mol. The second-order valence-electron chi connectivity index (χ2n) is 25.3. The molecular formula is C84H102O6. The van der Waals surface area contributed by atoms with E-state index in [1.807, 2.05) is 0 Å². The molecule has 474 valence electrons. The molecule has 0 saturated carbocycles. The molecule has 6 heteroatoms. The van der Waals surface area contributed by atoms with Gasteiger partial charge in [-0.05, 0) is 176 Å². The van der Waals surface area contributed by atoms with Gasteiger partial charge in [0.25, 0.3) is 0 Å². The first kappa shape index (κ1) is 65.5. The van der Waals surface area contributed by atoms with E-state index < -0.39 is 0 Å². The van der Waals surface area contributed by atoms with Gasteiger partial charge in [0.15, 0.2) is 34.5 Å². The third-order valence-corrected chi connectivity index (χ3v) is 18.1. The minimum Gasteiger partial charge on any atom is -0.489 e. The summed E-state index contributed by atoms with van der Waals surface area (Å²) in [5.74, 6) is 5.09. The maximum atomic E-state index is 6.94. The highest BCUT2D eigenvalue weighted by atomic mass is 16.5. The van der Waals surface area contributed by atoms with Crippen molar-refractivity contribution in [1.82, 2.24) is 0 Å². The molecule has 10 aromatic carbocycles. The molecule has 0 heterocycles. The van der Waals surface area contributed by atoms with Gasteiger partial charge in [0.2, 0.25) is 0 Å². The summed E-state index contributed by atoms with van der Waals surface area (Å²) in [4.78, 5) is 0. The monoisotopic (exact) mass is 1210 g/mol. The molecule has 0 unspecified atom stereocenters. The van der Waals surface area contributed by atoms with Crippen LogP contribution in [0.4, 0.5) is 0 Å². The van der Waals surface area contributed by atoms with E-state index in [1.54, 1.807) is 0 Å². The van der Waals surface area contributed by atoms with Crippen molar-refractivity contribution in [3.05, 3.63) is 146 Å². The maximum absolute atomic E-state index is 6.94. The van der Waals surface area contributed by atoms with Gasteiger partial charge in [-0.2, -0.15) is 0 Å². The Morgan fingerprint density at radius 2 is 0.311 bits per heavy atom. The largest absolute Gasteiger partial charge is 0.489 e. The fourth-order valence-electron chi connectivity index (χ4n) is 12.9. The summed E-state index contributed by atoms with van der Waals surface area (Å²) in [6.45, 7) is 17.4. The zero-order valence-corrected chi connectivity index (χ0v) is 55.5. The lowest BCUT2D eigenvalue weighted by molar-refractivity contribution is 0.264. The first-order chi connectivity index (χ1) is 44.4. The summed E-state index contributed by atoms with van der Waals surface area (Å²) in [5, 5.41) is 20.0. The molecule has 0 spiro atoms. The number of ether oxygens (including phenoxy) is 6. The second-order valence-corrected chi connectivity index (χ2v) is 25.3. The van der Waals surface area contributed by atoms with Crippen LogP contribution in [0, 0.1) is 0 Å². The standard InChI is InChI=1S/C84H102O6/c1-7-13-19-25-49-85-79-67-43-37-61-31-32-63-39-45-69-75(57-63)77-59-65(41-47-71(77)83(89-53-29-23-17-11-5)81(69)87-51-27-21-15-9-3)35-36-66-42-48-72-78(60-66)76-58-64(40-46-70(76)82(88-52-28-22-16-10-4)84(72)90-54-30-24-18-12-6)34-33-62-38-44-68(74(56-62)73(67)55-61)80(79)86-50-26-20-14-8-2/h31-48,55-60H,7-30,49-54H2,1-6H3. The van der Waals surface area contributed by atoms with E-state index in [1.165, 1.54) is 77.0 Å². The summed E-state index contributed by atoms with van der Waals surface area (Å²) < 4.78 is 41.6. The molecule has 90 heavy (non-hydrogen) atoms. The third-order valence-electron chi connectivity index (χ3n) is 18.1. The van der Waals surface area contributed by atoms with Crippen LogP contribution in [-0.2, 0) is 0 Å². The first-order valence-corrected chi connectivity index (χ1v) is 35.4. The Bertz CT molecular complexity index is 3400. The van der Waals surface area contributed by atoms with Crippen molar-refractivity contribution >= 4 is 97.0 Å². The Morgan fingerprint density at radius 3 is 0.456 bits per heavy atom. The molecule has 0 fully saturated rings. The van der Waals surface area contributed by atoms with Crippen molar-refractivity contribution in [2.24, 2.45) is 0 Å². The molecule has 0 amide bonds. The van der Waals surface area contributed by atoms with Crippen molar-refractivity contribution in [2.75, 3.05) is 39.6 Å². The zero-order valence-electron chi connectivity index (χ0n) is 55.5. The Balaban J connectivity index is 1.25. The Hall–Kier alpha value is -7.44. The summed E-state index contributed by atoms with van der Waals surface area (Å²) in [5.41, 5.74) is 0. The van der Waals surface area contributed by atoms with E-state index in [2.05, 4.69) is 187 Å². The number of benzene rings is 9. The topological polar surface area (TPSA) is 55.4 Å². The van der Waals surface area contributed by atoms with E-state index in [-0.39, 0.29) is 0 Å². The van der Waals surface area contributed by atoms with Gasteiger partial charge in [-0.1, -0.05) is 230 Å². The third kappa shape index (κ3) is 16.5. The van der Waals surface area contributed by atoms with Crippen molar-refractivity contribution in [3.63, 3.8) is 0 Å². The SMILES string of the molecule is CCCCCCOc1c(OCCCCCC)c2ccc3ccc4ccc5c(OCCCCCC)c(OCCCCCC)c6ccc(ccc7ccc8c(OCCCCCC)c(OCCCCCC)c9ccc(ccc%10ccc1c(c%10)c2c3)cc9c8c7)cc6c5c4. The van der Waals surface area contributed by atoms with E-state index >= 15 is 0 Å². The lowest BCUT2D eigenvalue weighted by Crippen LogP contribution is -2.04. The maximum Gasteiger partial charge on any atom is 0.169 e. The molecule has 12 bridgehead atoms. The highest BCUT2D eigenvalue weighted by Gasteiger charge is 2.22. The highest BCUT2D eigenvalue weighted by Crippen LogP contribution is 2.48. The van der Waals surface area contributed by atoms with Gasteiger partial charge >= 0.3 is 0 Å². The van der Waals surface area contributed by atoms with Gasteiger partial charge in [0, 0.05) is 32.3 Å². The summed E-state index contributed by atoms with van der Waals surface area (Å²) in [7, 11) is 0. The molecule has 0 saturated heterocycles. The fourth-order valence-corrected chi connectivity index (χ4v) is 12.9. The lowest BCUT2D eigenvalue weighted by atomic mass is 9.96. The van der Waals surface area contributed by atoms with Crippen molar-refractivity contribution < 1.29 is 28.4 Å². The molecule has 0 aromatic heterocycles. The Morgan fingerprint density at radius 1 is 0.167 bits per heavy atom. The van der Waals surface area contributed by atoms with Crippen LogP contribution in [0.2, 0.25) is 0 Å². The van der Waals surface area contributed by atoms with Crippen LogP contribution in [0.1, 0.15) is 196 Å². The van der Waals surface area contributed by atoms with Crippen LogP contribution < -0.4 is 28.4 Å². The molecule has 0 aliphatic carbocycles. The normalized spacial score (nSPS) is 11.7. The van der Waals surface area contributed by atoms with Gasteiger partial charge in [-0.15, -0.1) is 0 Å². The van der Waals surface area contributed by atoms with Crippen LogP contribution in [0.3, 0.4) is 0 Å². The number of unbranched alkanes of at least 4 members (excludes halogenated alkanes) is 18. The molecule has 10 aromatic rings. The number of fused-ring (bicyclic) bond motifs is 6. The van der Waals surface area contributed by atoms with E-state index in [0.717, 1.165) is 208 Å². The van der Waals surface area contributed by atoms with Crippen LogP contribution in [0.25, 0.3) is 97.0 Å². The van der Waals surface area contributed by atoms with E-state index in [0.29, 0.717) is 39.6 Å². The van der Waals surface area contributed by atoms with Crippen LogP contribution >= 0.6 is 0 Å². The molecule has 6 nitrogen and oxygen atoms in total. The van der Waals surface area contributed by atoms with Gasteiger partial charge in [-0.3, -0.25) is 0 Å². The number of hydrogen-bond acceptors (Lipinski definition) is 6. The predicted octanol–water partition coefficient (Wildman–Crippen LogP) is 25.5. The summed E-state index contributed by atoms with van der Waals surface area (Å²) in [6.07, 6.45) is 27.1. The minimum atomic E-state index is 0.643. The zero-order chi connectivity index (χ0) is 62.3. The molecule has 0 N–H and O–H groups in total. The molecule has 0 atom stereocenters. The van der Waals surface area contributed by atoms with Gasteiger partial charge in [-0.25, -0.2) is 0 Å². The smallest absolute Gasteiger partial charge is 0.169 e.